The third-order valence-corrected chi connectivity index (χ3v) is 2.93. The summed E-state index contributed by atoms with van der Waals surface area (Å²) in [5.74, 6) is 0.136. The summed E-state index contributed by atoms with van der Waals surface area (Å²) < 4.78 is 0. The van der Waals surface area contributed by atoms with Crippen molar-refractivity contribution in [2.75, 3.05) is 38.6 Å². The van der Waals surface area contributed by atoms with Crippen LogP contribution in [0.1, 0.15) is 30.6 Å². The van der Waals surface area contributed by atoms with Crippen molar-refractivity contribution in [3.05, 3.63) is 29.8 Å². The molecule has 0 heterocycles. The highest BCUT2D eigenvalue weighted by atomic mass is 16.1. The van der Waals surface area contributed by atoms with E-state index in [-0.39, 0.29) is 5.78 Å². The van der Waals surface area contributed by atoms with Gasteiger partial charge in [-0.1, -0.05) is 19.1 Å². The van der Waals surface area contributed by atoms with Crippen LogP contribution in [-0.4, -0.2) is 44.4 Å². The second-order valence-electron chi connectivity index (χ2n) is 4.86. The van der Waals surface area contributed by atoms with Crippen LogP contribution < -0.4 is 4.90 Å². The first kappa shape index (κ1) is 14.7. The van der Waals surface area contributed by atoms with Crippen LogP contribution >= 0.6 is 0 Å². The molecular weight excluding hydrogens is 224 g/mol. The Morgan fingerprint density at radius 3 is 2.33 bits per heavy atom. The van der Waals surface area contributed by atoms with Gasteiger partial charge in [-0.25, -0.2) is 0 Å². The molecule has 0 N–H and O–H groups in total. The van der Waals surface area contributed by atoms with Gasteiger partial charge in [-0.3, -0.25) is 4.79 Å². The Kier molecular flexibility index (Phi) is 5.86. The number of carbonyl (C=O) groups excluding carboxylic acids is 1. The fourth-order valence-corrected chi connectivity index (χ4v) is 1.99. The summed E-state index contributed by atoms with van der Waals surface area (Å²) in [6, 6.07) is 7.88. The smallest absolute Gasteiger partial charge is 0.161 e. The van der Waals surface area contributed by atoms with E-state index in [0.29, 0.717) is 0 Å². The fraction of sp³-hybridized carbons (Fsp3) is 0.533. The molecular formula is C15H24N2O. The van der Waals surface area contributed by atoms with Crippen molar-refractivity contribution in [2.45, 2.75) is 20.3 Å². The molecule has 1 aromatic rings. The first-order valence-electron chi connectivity index (χ1n) is 6.56. The zero-order valence-electron chi connectivity index (χ0n) is 11.9. The third-order valence-electron chi connectivity index (χ3n) is 2.93. The van der Waals surface area contributed by atoms with Gasteiger partial charge in [-0.2, -0.15) is 0 Å². The number of Topliss-reactive ketones (excluding diaryl/α,β-unsaturated/α-hetero) is 1. The second-order valence-corrected chi connectivity index (χ2v) is 4.86. The second kappa shape index (κ2) is 7.17. The maximum absolute atomic E-state index is 11.7. The van der Waals surface area contributed by atoms with Gasteiger partial charge in [0.1, 0.15) is 0 Å². The minimum absolute atomic E-state index is 0.136. The molecule has 0 spiro atoms. The predicted molar refractivity (Wildman–Crippen MR) is 77.5 cm³/mol. The highest BCUT2D eigenvalue weighted by Gasteiger charge is 2.12. The molecule has 3 heteroatoms. The molecule has 0 unspecified atom stereocenters. The van der Waals surface area contributed by atoms with Gasteiger partial charge >= 0.3 is 0 Å². The van der Waals surface area contributed by atoms with Crippen LogP contribution in [-0.2, 0) is 0 Å². The molecule has 1 aromatic carbocycles. The molecule has 0 aliphatic heterocycles. The average Bonchev–Trinajstić information content (AvgIpc) is 2.34. The van der Waals surface area contributed by atoms with E-state index in [0.717, 1.165) is 37.3 Å². The van der Waals surface area contributed by atoms with Crippen molar-refractivity contribution >= 4 is 11.5 Å². The number of hydrogen-bond acceptors (Lipinski definition) is 3. The Bertz CT molecular complexity index is 388. The molecule has 0 aliphatic carbocycles. The van der Waals surface area contributed by atoms with Crippen LogP contribution in [0.25, 0.3) is 0 Å². The Morgan fingerprint density at radius 2 is 1.78 bits per heavy atom. The summed E-state index contributed by atoms with van der Waals surface area (Å²) in [4.78, 5) is 16.1. The number of likely N-dealkylation sites (N-methyl/N-ethyl adjacent to an activating group) is 1. The van der Waals surface area contributed by atoms with Crippen molar-refractivity contribution in [3.8, 4) is 0 Å². The van der Waals surface area contributed by atoms with Crippen molar-refractivity contribution in [1.82, 2.24) is 4.90 Å². The summed E-state index contributed by atoms with van der Waals surface area (Å²) in [6.07, 6.45) is 1.08. The van der Waals surface area contributed by atoms with E-state index in [1.807, 2.05) is 24.3 Å². The molecule has 3 nitrogen and oxygen atoms in total. The van der Waals surface area contributed by atoms with E-state index < -0.39 is 0 Å². The minimum Gasteiger partial charge on any atom is -0.370 e. The molecule has 0 saturated carbocycles. The summed E-state index contributed by atoms with van der Waals surface area (Å²) in [6.45, 7) is 6.73. The van der Waals surface area contributed by atoms with E-state index in [1.54, 1.807) is 6.92 Å². The topological polar surface area (TPSA) is 23.6 Å². The lowest BCUT2D eigenvalue weighted by atomic mass is 10.1. The zero-order chi connectivity index (χ0) is 13.5. The quantitative estimate of drug-likeness (QED) is 0.693. The average molecular weight is 248 g/mol. The first-order chi connectivity index (χ1) is 8.56. The molecule has 0 aromatic heterocycles. The zero-order valence-corrected chi connectivity index (χ0v) is 11.9. The molecule has 0 amide bonds. The van der Waals surface area contributed by atoms with Crippen molar-refractivity contribution in [2.24, 2.45) is 0 Å². The highest BCUT2D eigenvalue weighted by Crippen LogP contribution is 2.21. The summed E-state index contributed by atoms with van der Waals surface area (Å²) in [5, 5.41) is 0. The lowest BCUT2D eigenvalue weighted by molar-refractivity contribution is 0.101. The number of anilines is 1. The van der Waals surface area contributed by atoms with E-state index in [4.69, 9.17) is 0 Å². The number of nitrogens with zero attached hydrogens (tertiary/aromatic N) is 2. The molecule has 0 fully saturated rings. The van der Waals surface area contributed by atoms with Gasteiger partial charge in [-0.05, 0) is 39.6 Å². The van der Waals surface area contributed by atoms with Crippen LogP contribution in [0.2, 0.25) is 0 Å². The van der Waals surface area contributed by atoms with Gasteiger partial charge < -0.3 is 9.80 Å². The molecule has 0 saturated heterocycles. The number of carbonyl (C=O) groups is 1. The predicted octanol–water partition coefficient (Wildman–Crippen LogP) is 2.67. The van der Waals surface area contributed by atoms with Crippen molar-refractivity contribution in [1.29, 1.82) is 0 Å². The monoisotopic (exact) mass is 248 g/mol. The standard InChI is InChI=1S/C15H24N2O/c1-5-10-17(12-11-16(3)4)15-9-7-6-8-14(15)13(2)18/h6-9H,5,10-12H2,1-4H3. The molecule has 18 heavy (non-hydrogen) atoms. The summed E-state index contributed by atoms with van der Waals surface area (Å²) in [7, 11) is 4.14. The van der Waals surface area contributed by atoms with E-state index in [2.05, 4.69) is 30.8 Å². The first-order valence-corrected chi connectivity index (χ1v) is 6.56. The number of rotatable bonds is 7. The molecule has 1 rings (SSSR count). The Morgan fingerprint density at radius 1 is 1.11 bits per heavy atom. The molecule has 0 bridgehead atoms. The van der Waals surface area contributed by atoms with Gasteiger partial charge in [0.2, 0.25) is 0 Å². The highest BCUT2D eigenvalue weighted by molar-refractivity contribution is 5.99. The number of ketones is 1. The van der Waals surface area contributed by atoms with Crippen LogP contribution in [0.4, 0.5) is 5.69 Å². The maximum atomic E-state index is 11.7. The molecule has 0 atom stereocenters. The maximum Gasteiger partial charge on any atom is 0.161 e. The van der Waals surface area contributed by atoms with E-state index in [9.17, 15) is 4.79 Å². The summed E-state index contributed by atoms with van der Waals surface area (Å²) >= 11 is 0. The molecule has 0 radical (unpaired) electrons. The number of para-hydroxylation sites is 1. The molecule has 0 aliphatic rings. The fourth-order valence-electron chi connectivity index (χ4n) is 1.99. The SMILES string of the molecule is CCCN(CCN(C)C)c1ccccc1C(C)=O. The van der Waals surface area contributed by atoms with Gasteiger partial charge in [0.25, 0.3) is 0 Å². The van der Waals surface area contributed by atoms with Gasteiger partial charge in [-0.15, -0.1) is 0 Å². The van der Waals surface area contributed by atoms with E-state index >= 15 is 0 Å². The number of benzene rings is 1. The van der Waals surface area contributed by atoms with E-state index in [1.165, 1.54) is 0 Å². The Hall–Kier alpha value is -1.35. The van der Waals surface area contributed by atoms with Crippen LogP contribution in [0.5, 0.6) is 0 Å². The van der Waals surface area contributed by atoms with Crippen molar-refractivity contribution < 1.29 is 4.79 Å². The Labute approximate surface area is 110 Å². The van der Waals surface area contributed by atoms with Crippen molar-refractivity contribution in [3.63, 3.8) is 0 Å². The van der Waals surface area contributed by atoms with Gasteiger partial charge in [0.15, 0.2) is 5.78 Å². The lowest BCUT2D eigenvalue weighted by Gasteiger charge is -2.27. The van der Waals surface area contributed by atoms with Gasteiger partial charge in [0, 0.05) is 30.9 Å². The van der Waals surface area contributed by atoms with Crippen LogP contribution in [0.3, 0.4) is 0 Å². The lowest BCUT2D eigenvalue weighted by Crippen LogP contribution is -2.33. The molecule has 100 valence electrons. The largest absolute Gasteiger partial charge is 0.370 e. The third kappa shape index (κ3) is 4.15. The normalized spacial score (nSPS) is 10.7. The van der Waals surface area contributed by atoms with Crippen LogP contribution in [0, 0.1) is 0 Å². The van der Waals surface area contributed by atoms with Gasteiger partial charge in [0.05, 0.1) is 0 Å². The number of hydrogen-bond donors (Lipinski definition) is 0. The van der Waals surface area contributed by atoms with Crippen LogP contribution in [0.15, 0.2) is 24.3 Å². The minimum atomic E-state index is 0.136. The summed E-state index contributed by atoms with van der Waals surface area (Å²) in [5.41, 5.74) is 1.89. The Balaban J connectivity index is 2.93.